The average Bonchev–Trinajstić information content (AvgIpc) is 2.80. The summed E-state index contributed by atoms with van der Waals surface area (Å²) in [5.41, 5.74) is 10.2. The fourth-order valence-electron chi connectivity index (χ4n) is 1.67. The number of benzene rings is 1. The van der Waals surface area contributed by atoms with Gasteiger partial charge in [0.1, 0.15) is 5.01 Å². The maximum Gasteiger partial charge on any atom is 0.112 e. The summed E-state index contributed by atoms with van der Waals surface area (Å²) in [5.74, 6) is 0. The minimum Gasteiger partial charge on any atom is -0.394 e. The molecule has 0 amide bonds. The molecule has 0 saturated heterocycles. The van der Waals surface area contributed by atoms with E-state index < -0.39 is 0 Å². The Labute approximate surface area is 105 Å². The van der Waals surface area contributed by atoms with Crippen molar-refractivity contribution in [2.45, 2.75) is 19.9 Å². The highest BCUT2D eigenvalue weighted by Crippen LogP contribution is 2.27. The summed E-state index contributed by atoms with van der Waals surface area (Å²) < 4.78 is 0. The summed E-state index contributed by atoms with van der Waals surface area (Å²) in [5, 5.41) is 11.8. The molecule has 1 atom stereocenters. The molecule has 2 rings (SSSR count). The summed E-state index contributed by atoms with van der Waals surface area (Å²) in [4.78, 5) is 4.49. The molecule has 0 bridgehead atoms. The highest BCUT2D eigenvalue weighted by Gasteiger charge is 2.12. The van der Waals surface area contributed by atoms with Crippen LogP contribution in [-0.2, 0) is 0 Å². The van der Waals surface area contributed by atoms with E-state index in [0.717, 1.165) is 16.3 Å². The number of hydrogen-bond acceptors (Lipinski definition) is 4. The van der Waals surface area contributed by atoms with Gasteiger partial charge in [-0.25, -0.2) is 4.98 Å². The van der Waals surface area contributed by atoms with Gasteiger partial charge in [0.25, 0.3) is 0 Å². The summed E-state index contributed by atoms with van der Waals surface area (Å²) in [6.07, 6.45) is 0. The first-order valence-corrected chi connectivity index (χ1v) is 6.39. The standard InChI is InChI=1S/C13H16N2OS/c1-8-3-4-9(2)10(5-8)12-7-17-13(15-12)11(14)6-16/h3-5,7,11,16H,6,14H2,1-2H3. The topological polar surface area (TPSA) is 59.1 Å². The Hall–Kier alpha value is -1.23. The Kier molecular flexibility index (Phi) is 3.57. The Morgan fingerprint density at radius 1 is 1.41 bits per heavy atom. The van der Waals surface area contributed by atoms with Gasteiger partial charge in [0.15, 0.2) is 0 Å². The van der Waals surface area contributed by atoms with Crippen LogP contribution in [0.2, 0.25) is 0 Å². The third kappa shape index (κ3) is 2.54. The second-order valence-electron chi connectivity index (χ2n) is 4.18. The zero-order valence-electron chi connectivity index (χ0n) is 9.97. The predicted molar refractivity (Wildman–Crippen MR) is 71.0 cm³/mol. The first-order chi connectivity index (χ1) is 8.11. The second kappa shape index (κ2) is 4.96. The lowest BCUT2D eigenvalue weighted by atomic mass is 10.0. The summed E-state index contributed by atoms with van der Waals surface area (Å²) >= 11 is 1.50. The number of rotatable bonds is 3. The Balaban J connectivity index is 2.40. The molecule has 0 aliphatic carbocycles. The van der Waals surface area contributed by atoms with Crippen molar-refractivity contribution in [2.75, 3.05) is 6.61 Å². The molecule has 0 aliphatic heterocycles. The SMILES string of the molecule is Cc1ccc(C)c(-c2csc(C(N)CO)n2)c1. The zero-order chi connectivity index (χ0) is 12.4. The fraction of sp³-hybridized carbons (Fsp3) is 0.308. The molecule has 1 unspecified atom stereocenters. The second-order valence-corrected chi connectivity index (χ2v) is 5.07. The molecule has 1 aromatic heterocycles. The smallest absolute Gasteiger partial charge is 0.112 e. The van der Waals surface area contributed by atoms with Crippen LogP contribution < -0.4 is 5.73 Å². The Bertz CT molecular complexity index is 522. The van der Waals surface area contributed by atoms with E-state index in [-0.39, 0.29) is 12.6 Å². The normalized spacial score (nSPS) is 12.7. The van der Waals surface area contributed by atoms with E-state index in [9.17, 15) is 0 Å². The van der Waals surface area contributed by atoms with Gasteiger partial charge in [-0.1, -0.05) is 17.7 Å². The van der Waals surface area contributed by atoms with Crippen LogP contribution in [0.3, 0.4) is 0 Å². The van der Waals surface area contributed by atoms with Crippen LogP contribution in [-0.4, -0.2) is 16.7 Å². The summed E-state index contributed by atoms with van der Waals surface area (Å²) in [7, 11) is 0. The van der Waals surface area contributed by atoms with Crippen molar-refractivity contribution in [3.05, 3.63) is 39.7 Å². The molecule has 1 aromatic carbocycles. The number of aliphatic hydroxyl groups is 1. The van der Waals surface area contributed by atoms with Crippen LogP contribution in [0.5, 0.6) is 0 Å². The average molecular weight is 248 g/mol. The van der Waals surface area contributed by atoms with Crippen LogP contribution in [0, 0.1) is 13.8 Å². The molecule has 0 saturated carbocycles. The van der Waals surface area contributed by atoms with Gasteiger partial charge in [-0.2, -0.15) is 0 Å². The molecule has 4 heteroatoms. The first kappa shape index (κ1) is 12.2. The predicted octanol–water partition coefficient (Wildman–Crippen LogP) is 2.42. The van der Waals surface area contributed by atoms with Gasteiger partial charge >= 0.3 is 0 Å². The Morgan fingerprint density at radius 3 is 2.88 bits per heavy atom. The largest absolute Gasteiger partial charge is 0.394 e. The van der Waals surface area contributed by atoms with Crippen LogP contribution in [0.15, 0.2) is 23.6 Å². The minimum atomic E-state index is -0.376. The van der Waals surface area contributed by atoms with Gasteiger partial charge in [0, 0.05) is 10.9 Å². The molecule has 17 heavy (non-hydrogen) atoms. The number of hydrogen-bond donors (Lipinski definition) is 2. The Morgan fingerprint density at radius 2 is 2.18 bits per heavy atom. The van der Waals surface area contributed by atoms with E-state index in [4.69, 9.17) is 10.8 Å². The van der Waals surface area contributed by atoms with Crippen molar-refractivity contribution in [1.29, 1.82) is 0 Å². The van der Waals surface area contributed by atoms with Crippen LogP contribution in [0.4, 0.5) is 0 Å². The van der Waals surface area contributed by atoms with Gasteiger partial charge in [-0.15, -0.1) is 11.3 Å². The maximum atomic E-state index is 9.01. The highest BCUT2D eigenvalue weighted by atomic mass is 32.1. The number of nitrogens with zero attached hydrogens (tertiary/aromatic N) is 1. The lowest BCUT2D eigenvalue weighted by molar-refractivity contribution is 0.268. The molecular formula is C13H16N2OS. The molecule has 0 fully saturated rings. The number of aliphatic hydroxyl groups excluding tert-OH is 1. The van der Waals surface area contributed by atoms with Gasteiger partial charge < -0.3 is 10.8 Å². The molecule has 0 radical (unpaired) electrons. The van der Waals surface area contributed by atoms with Crippen molar-refractivity contribution < 1.29 is 5.11 Å². The molecule has 0 aliphatic rings. The van der Waals surface area contributed by atoms with E-state index in [0.29, 0.717) is 0 Å². The molecule has 0 spiro atoms. The van der Waals surface area contributed by atoms with E-state index in [1.54, 1.807) is 0 Å². The third-order valence-electron chi connectivity index (χ3n) is 2.70. The zero-order valence-corrected chi connectivity index (χ0v) is 10.8. The van der Waals surface area contributed by atoms with Crippen molar-refractivity contribution in [3.63, 3.8) is 0 Å². The van der Waals surface area contributed by atoms with Crippen molar-refractivity contribution in [1.82, 2.24) is 4.98 Å². The summed E-state index contributed by atoms with van der Waals surface area (Å²) in [6.45, 7) is 4.06. The van der Waals surface area contributed by atoms with E-state index in [2.05, 4.69) is 37.0 Å². The number of aromatic nitrogens is 1. The molecule has 1 heterocycles. The minimum absolute atomic E-state index is 0.0697. The summed E-state index contributed by atoms with van der Waals surface area (Å²) in [6, 6.07) is 5.93. The quantitative estimate of drug-likeness (QED) is 0.877. The van der Waals surface area contributed by atoms with Crippen molar-refractivity contribution in [2.24, 2.45) is 5.73 Å². The molecule has 3 N–H and O–H groups in total. The lowest BCUT2D eigenvalue weighted by Gasteiger charge is -2.05. The first-order valence-electron chi connectivity index (χ1n) is 5.51. The highest BCUT2D eigenvalue weighted by molar-refractivity contribution is 7.10. The number of nitrogens with two attached hydrogens (primary N) is 1. The van der Waals surface area contributed by atoms with Crippen LogP contribution in [0.25, 0.3) is 11.3 Å². The molecule has 90 valence electrons. The van der Waals surface area contributed by atoms with Crippen LogP contribution >= 0.6 is 11.3 Å². The fourth-order valence-corrected chi connectivity index (χ4v) is 2.48. The van der Waals surface area contributed by atoms with Crippen molar-refractivity contribution in [3.8, 4) is 11.3 Å². The van der Waals surface area contributed by atoms with Crippen molar-refractivity contribution >= 4 is 11.3 Å². The molecule has 3 nitrogen and oxygen atoms in total. The van der Waals surface area contributed by atoms with Gasteiger partial charge in [0.05, 0.1) is 18.3 Å². The van der Waals surface area contributed by atoms with Gasteiger partial charge in [-0.05, 0) is 25.5 Å². The van der Waals surface area contributed by atoms with E-state index in [1.807, 2.05) is 5.38 Å². The van der Waals surface area contributed by atoms with Crippen LogP contribution in [0.1, 0.15) is 22.2 Å². The molecule has 2 aromatic rings. The van der Waals surface area contributed by atoms with E-state index in [1.165, 1.54) is 22.5 Å². The van der Waals surface area contributed by atoms with Gasteiger partial charge in [0.2, 0.25) is 0 Å². The van der Waals surface area contributed by atoms with E-state index >= 15 is 0 Å². The molecular weight excluding hydrogens is 232 g/mol. The third-order valence-corrected chi connectivity index (χ3v) is 3.68. The lowest BCUT2D eigenvalue weighted by Crippen LogP contribution is -2.13. The maximum absolute atomic E-state index is 9.01. The number of aryl methyl sites for hydroxylation is 2. The number of thiazole rings is 1. The van der Waals surface area contributed by atoms with Gasteiger partial charge in [-0.3, -0.25) is 0 Å². The monoisotopic (exact) mass is 248 g/mol.